The van der Waals surface area contributed by atoms with Crippen molar-refractivity contribution in [3.8, 4) is 0 Å². The van der Waals surface area contributed by atoms with E-state index in [4.69, 9.17) is 28.5 Å². The van der Waals surface area contributed by atoms with Crippen molar-refractivity contribution in [3.63, 3.8) is 0 Å². The minimum Gasteiger partial charge on any atom is -0.370 e. The van der Waals surface area contributed by atoms with Crippen molar-refractivity contribution in [3.05, 3.63) is 0 Å². The van der Waals surface area contributed by atoms with Gasteiger partial charge >= 0.3 is 0 Å². The van der Waals surface area contributed by atoms with Crippen LogP contribution in [0.25, 0.3) is 0 Å². The molecule has 1 rings (SSSR count). The number of carbonyl (C=O) groups excluding carboxylic acids is 1. The topological polar surface area (TPSA) is 151 Å². The Hall–Kier alpha value is -1.00. The fourth-order valence-electron chi connectivity index (χ4n) is 1.47. The second kappa shape index (κ2) is 6.44. The number of nitrogens with two attached hydrogens (primary N) is 2. The number of amides is 1. The largest absolute Gasteiger partial charge is 0.370 e. The smallest absolute Gasteiger partial charge is 0.230 e. The first-order chi connectivity index (χ1) is 8.69. The number of sulfone groups is 1. The van der Waals surface area contributed by atoms with E-state index in [-0.39, 0.29) is 28.4 Å². The molecule has 0 aromatic carbocycles. The number of carbonyl (C=O) groups is 1. The first kappa shape index (κ1) is 16.1. The van der Waals surface area contributed by atoms with Crippen LogP contribution in [-0.2, 0) is 14.6 Å². The summed E-state index contributed by atoms with van der Waals surface area (Å²) >= 11 is 6.67. The zero-order valence-electron chi connectivity index (χ0n) is 9.80. The molecular weight excluding hydrogens is 314 g/mol. The van der Waals surface area contributed by atoms with E-state index < -0.39 is 27.2 Å². The first-order valence-electron chi connectivity index (χ1n) is 5.14. The lowest BCUT2D eigenvalue weighted by molar-refractivity contribution is -0.119. The van der Waals surface area contributed by atoms with E-state index in [0.717, 1.165) is 11.8 Å². The van der Waals surface area contributed by atoms with E-state index in [0.29, 0.717) is 0 Å². The van der Waals surface area contributed by atoms with Gasteiger partial charge in [-0.25, -0.2) is 8.42 Å². The number of amidine groups is 1. The van der Waals surface area contributed by atoms with Crippen molar-refractivity contribution in [1.82, 2.24) is 5.32 Å². The Balaban J connectivity index is 2.41. The zero-order chi connectivity index (χ0) is 14.6. The third-order valence-electron chi connectivity index (χ3n) is 2.20. The van der Waals surface area contributed by atoms with Gasteiger partial charge in [0, 0.05) is 0 Å². The summed E-state index contributed by atoms with van der Waals surface area (Å²) in [7, 11) is -3.19. The van der Waals surface area contributed by atoms with Gasteiger partial charge in [-0.3, -0.25) is 10.2 Å². The summed E-state index contributed by atoms with van der Waals surface area (Å²) in [6, 6.07) is -0.600. The van der Waals surface area contributed by atoms with Crippen LogP contribution in [0.4, 0.5) is 0 Å². The molecule has 0 saturated carbocycles. The number of alkyl halides is 1. The highest BCUT2D eigenvalue weighted by molar-refractivity contribution is 8.14. The summed E-state index contributed by atoms with van der Waals surface area (Å²) in [6.45, 7) is 0. The van der Waals surface area contributed by atoms with Crippen molar-refractivity contribution in [2.75, 3.05) is 17.3 Å². The molecule has 19 heavy (non-hydrogen) atoms. The summed E-state index contributed by atoms with van der Waals surface area (Å²) in [5.74, 6) is -1.08. The number of nitrogens with one attached hydrogen (secondary N) is 2. The van der Waals surface area contributed by atoms with Crippen LogP contribution in [0, 0.1) is 5.41 Å². The summed E-state index contributed by atoms with van der Waals surface area (Å²) < 4.78 is 22.6. The van der Waals surface area contributed by atoms with Gasteiger partial charge in [0.1, 0.15) is 0 Å². The Bertz CT molecular complexity index is 503. The Morgan fingerprint density at radius 3 is 2.58 bits per heavy atom. The Labute approximate surface area is 119 Å². The quantitative estimate of drug-likeness (QED) is 0.280. The highest BCUT2D eigenvalue weighted by Crippen LogP contribution is 2.18. The molecule has 108 valence electrons. The first-order valence-corrected chi connectivity index (χ1v) is 8.39. The lowest BCUT2D eigenvalue weighted by Gasteiger charge is -2.13. The van der Waals surface area contributed by atoms with Gasteiger partial charge in [0.25, 0.3) is 0 Å². The van der Waals surface area contributed by atoms with E-state index in [9.17, 15) is 13.2 Å². The molecule has 2 unspecified atom stereocenters. The number of hydrogen-bond acceptors (Lipinski definition) is 5. The minimum absolute atomic E-state index is 0.0875. The average Bonchev–Trinajstić information content (AvgIpc) is 2.48. The van der Waals surface area contributed by atoms with Crippen LogP contribution in [0.2, 0.25) is 0 Å². The molecule has 0 spiro atoms. The lowest BCUT2D eigenvalue weighted by Crippen LogP contribution is -2.41. The summed E-state index contributed by atoms with van der Waals surface area (Å²) in [4.78, 5) is 15.0. The van der Waals surface area contributed by atoms with Crippen LogP contribution < -0.4 is 16.8 Å². The third kappa shape index (κ3) is 5.66. The number of rotatable bonds is 3. The molecule has 1 aliphatic rings. The molecule has 0 aromatic heterocycles. The summed E-state index contributed by atoms with van der Waals surface area (Å²) in [5.41, 5.74) is 10.1. The summed E-state index contributed by atoms with van der Waals surface area (Å²) in [6.07, 6.45) is 0. The highest BCUT2D eigenvalue weighted by Gasteiger charge is 2.37. The molecule has 11 heteroatoms. The third-order valence-corrected chi connectivity index (χ3v) is 5.35. The predicted octanol–water partition coefficient (Wildman–Crippen LogP) is -1.55. The van der Waals surface area contributed by atoms with Crippen LogP contribution in [0.3, 0.4) is 0 Å². The second-order valence-electron chi connectivity index (χ2n) is 3.90. The summed E-state index contributed by atoms with van der Waals surface area (Å²) in [5, 5.41) is 9.00. The van der Waals surface area contributed by atoms with E-state index in [1.54, 1.807) is 0 Å². The van der Waals surface area contributed by atoms with Crippen molar-refractivity contribution in [1.29, 1.82) is 5.41 Å². The molecule has 0 aliphatic carbocycles. The average molecular weight is 328 g/mol. The van der Waals surface area contributed by atoms with Crippen molar-refractivity contribution >= 4 is 50.2 Å². The zero-order valence-corrected chi connectivity index (χ0v) is 12.2. The van der Waals surface area contributed by atoms with E-state index >= 15 is 0 Å². The Kier molecular flexibility index (Phi) is 5.44. The number of nitrogens with zero attached hydrogens (tertiary/aromatic N) is 1. The van der Waals surface area contributed by atoms with Crippen LogP contribution in [-0.4, -0.2) is 54.1 Å². The Morgan fingerprint density at radius 2 is 2.11 bits per heavy atom. The van der Waals surface area contributed by atoms with E-state index in [2.05, 4.69) is 10.3 Å². The fourth-order valence-corrected chi connectivity index (χ4v) is 4.54. The molecule has 1 amide bonds. The molecule has 2 atom stereocenters. The molecule has 1 aliphatic heterocycles. The Morgan fingerprint density at radius 1 is 1.47 bits per heavy atom. The monoisotopic (exact) mass is 327 g/mol. The van der Waals surface area contributed by atoms with Crippen LogP contribution in [0.1, 0.15) is 0 Å². The maximum Gasteiger partial charge on any atom is 0.230 e. The van der Waals surface area contributed by atoms with Crippen LogP contribution >= 0.6 is 23.4 Å². The molecule has 0 radical (unpaired) electrons. The van der Waals surface area contributed by atoms with Gasteiger partial charge in [0.2, 0.25) is 5.91 Å². The fraction of sp³-hybridized carbons (Fsp3) is 0.625. The number of aliphatic imine (C=N–C) groups is 1. The van der Waals surface area contributed by atoms with Gasteiger partial charge in [-0.1, -0.05) is 11.8 Å². The highest BCUT2D eigenvalue weighted by atomic mass is 35.5. The SMILES string of the molecule is N=C(N=C(N)N)SCC(=O)NC1CS(=O)(=O)CC1Cl. The van der Waals surface area contributed by atoms with E-state index in [1.807, 2.05) is 0 Å². The molecule has 8 nitrogen and oxygen atoms in total. The number of guanidine groups is 1. The molecule has 1 fully saturated rings. The van der Waals surface area contributed by atoms with Crippen molar-refractivity contribution in [2.45, 2.75) is 11.4 Å². The van der Waals surface area contributed by atoms with E-state index in [1.165, 1.54) is 0 Å². The standard InChI is InChI=1S/C8H14ClN5O3S2/c9-4-2-19(16,17)3-5(4)13-6(15)1-18-8(12)14-7(10)11/h4-5H,1-3H2,(H,13,15)(H5,10,11,12,14). The second-order valence-corrected chi connectivity index (χ2v) is 7.58. The van der Waals surface area contributed by atoms with Crippen molar-refractivity contribution < 1.29 is 13.2 Å². The van der Waals surface area contributed by atoms with Crippen LogP contribution in [0.15, 0.2) is 4.99 Å². The number of hydrogen-bond donors (Lipinski definition) is 4. The molecule has 1 saturated heterocycles. The predicted molar refractivity (Wildman–Crippen MR) is 76.2 cm³/mol. The van der Waals surface area contributed by atoms with Gasteiger partial charge in [-0.05, 0) is 0 Å². The maximum atomic E-state index is 11.6. The molecular formula is C8H14ClN5O3S2. The number of halogens is 1. The van der Waals surface area contributed by atoms with Crippen molar-refractivity contribution in [2.24, 2.45) is 16.5 Å². The van der Waals surface area contributed by atoms with Gasteiger partial charge in [0.15, 0.2) is 21.0 Å². The molecule has 0 bridgehead atoms. The molecule has 1 heterocycles. The van der Waals surface area contributed by atoms with Gasteiger partial charge < -0.3 is 16.8 Å². The van der Waals surface area contributed by atoms with Gasteiger partial charge in [-0.2, -0.15) is 4.99 Å². The van der Waals surface area contributed by atoms with Gasteiger partial charge in [0.05, 0.1) is 28.7 Å². The molecule has 0 aromatic rings. The maximum absolute atomic E-state index is 11.6. The van der Waals surface area contributed by atoms with Gasteiger partial charge in [-0.15, -0.1) is 11.6 Å². The normalized spacial score (nSPS) is 24.7. The number of thioether (sulfide) groups is 1. The van der Waals surface area contributed by atoms with Crippen LogP contribution in [0.5, 0.6) is 0 Å². The minimum atomic E-state index is -3.19. The molecule has 6 N–H and O–H groups in total. The lowest BCUT2D eigenvalue weighted by atomic mass is 10.2.